The number of nitriles is 1. The summed E-state index contributed by atoms with van der Waals surface area (Å²) in [6.07, 6.45) is 3.05. The van der Waals surface area contributed by atoms with Crippen LogP contribution in [0.5, 0.6) is 0 Å². The number of aromatic nitrogens is 1. The SMILES string of the molecule is CCc1csc(CCNC(=O)N2CCC(C#N)(c3ccccc3)CC2)n1. The van der Waals surface area contributed by atoms with Crippen molar-refractivity contribution in [1.29, 1.82) is 5.26 Å². The summed E-state index contributed by atoms with van der Waals surface area (Å²) in [5, 5.41) is 15.9. The predicted octanol–water partition coefficient (Wildman–Crippen LogP) is 3.51. The second-order valence-corrected chi connectivity index (χ2v) is 7.56. The molecule has 6 heteroatoms. The summed E-state index contributed by atoms with van der Waals surface area (Å²) in [7, 11) is 0. The second-order valence-electron chi connectivity index (χ2n) is 6.62. The Morgan fingerprint density at radius 3 is 2.69 bits per heavy atom. The number of piperidine rings is 1. The zero-order valence-electron chi connectivity index (χ0n) is 15.1. The molecule has 0 atom stereocenters. The lowest BCUT2D eigenvalue weighted by molar-refractivity contribution is 0.171. The number of carbonyl (C=O) groups is 1. The van der Waals surface area contributed by atoms with Crippen molar-refractivity contribution in [2.45, 2.75) is 38.0 Å². The van der Waals surface area contributed by atoms with Gasteiger partial charge in [0, 0.05) is 31.4 Å². The standard InChI is InChI=1S/C20H24N4OS/c1-2-17-14-26-18(23-17)8-11-22-19(25)24-12-9-20(15-21,10-13-24)16-6-4-3-5-7-16/h3-7,14H,2,8-13H2,1H3,(H,22,25). The normalized spacial score (nSPS) is 16.1. The molecule has 1 fully saturated rings. The maximum Gasteiger partial charge on any atom is 0.317 e. The second kappa shape index (κ2) is 8.33. The van der Waals surface area contributed by atoms with Gasteiger partial charge in [0.1, 0.15) is 0 Å². The number of urea groups is 1. The number of hydrogen-bond acceptors (Lipinski definition) is 4. The van der Waals surface area contributed by atoms with E-state index in [4.69, 9.17) is 0 Å². The van der Waals surface area contributed by atoms with E-state index in [-0.39, 0.29) is 6.03 Å². The third-order valence-corrected chi connectivity index (χ3v) is 5.98. The van der Waals surface area contributed by atoms with E-state index in [0.29, 0.717) is 32.5 Å². The summed E-state index contributed by atoms with van der Waals surface area (Å²) < 4.78 is 0. The van der Waals surface area contributed by atoms with E-state index in [2.05, 4.69) is 28.7 Å². The van der Waals surface area contributed by atoms with Crippen LogP contribution >= 0.6 is 11.3 Å². The summed E-state index contributed by atoms with van der Waals surface area (Å²) in [6, 6.07) is 12.4. The van der Waals surface area contributed by atoms with Crippen molar-refractivity contribution in [2.24, 2.45) is 0 Å². The molecule has 2 heterocycles. The van der Waals surface area contributed by atoms with Gasteiger partial charge in [0.25, 0.3) is 0 Å². The molecule has 136 valence electrons. The lowest BCUT2D eigenvalue weighted by Crippen LogP contribution is -2.48. The first kappa shape index (κ1) is 18.4. The molecule has 0 radical (unpaired) electrons. The molecule has 26 heavy (non-hydrogen) atoms. The molecule has 1 aliphatic heterocycles. The number of hydrogen-bond donors (Lipinski definition) is 1. The average molecular weight is 369 g/mol. The largest absolute Gasteiger partial charge is 0.338 e. The maximum atomic E-state index is 12.4. The van der Waals surface area contributed by atoms with Crippen molar-refractivity contribution < 1.29 is 4.79 Å². The Kier molecular flexibility index (Phi) is 5.89. The summed E-state index contributed by atoms with van der Waals surface area (Å²) in [6.45, 7) is 3.89. The Morgan fingerprint density at radius 1 is 1.35 bits per heavy atom. The molecule has 0 bridgehead atoms. The first-order chi connectivity index (χ1) is 12.7. The van der Waals surface area contributed by atoms with Gasteiger partial charge in [0.15, 0.2) is 0 Å². The van der Waals surface area contributed by atoms with Crippen molar-refractivity contribution in [2.75, 3.05) is 19.6 Å². The molecule has 1 saturated heterocycles. The van der Waals surface area contributed by atoms with Crippen LogP contribution in [0.3, 0.4) is 0 Å². The van der Waals surface area contributed by atoms with Crippen molar-refractivity contribution in [3.8, 4) is 6.07 Å². The van der Waals surface area contributed by atoms with Crippen LogP contribution < -0.4 is 5.32 Å². The minimum Gasteiger partial charge on any atom is -0.338 e. The third kappa shape index (κ3) is 4.05. The summed E-state index contributed by atoms with van der Waals surface area (Å²) in [4.78, 5) is 18.7. The van der Waals surface area contributed by atoms with Gasteiger partial charge in [0.05, 0.1) is 22.2 Å². The molecular weight excluding hydrogens is 344 g/mol. The lowest BCUT2D eigenvalue weighted by Gasteiger charge is -2.37. The van der Waals surface area contributed by atoms with Crippen LogP contribution in [0.4, 0.5) is 4.79 Å². The van der Waals surface area contributed by atoms with Crippen LogP contribution in [0.25, 0.3) is 0 Å². The van der Waals surface area contributed by atoms with Crippen LogP contribution in [0.1, 0.15) is 36.0 Å². The van der Waals surface area contributed by atoms with Gasteiger partial charge in [-0.3, -0.25) is 0 Å². The number of benzene rings is 1. The fourth-order valence-corrected chi connectivity index (χ4v) is 4.21. The highest BCUT2D eigenvalue weighted by atomic mass is 32.1. The van der Waals surface area contributed by atoms with Gasteiger partial charge in [-0.05, 0) is 24.8 Å². The van der Waals surface area contributed by atoms with E-state index in [1.165, 1.54) is 0 Å². The minimum absolute atomic E-state index is 0.0446. The van der Waals surface area contributed by atoms with Gasteiger partial charge < -0.3 is 10.2 Å². The molecular formula is C20H24N4OS. The Labute approximate surface area is 158 Å². The van der Waals surface area contributed by atoms with E-state index in [1.54, 1.807) is 11.3 Å². The maximum absolute atomic E-state index is 12.4. The number of carbonyl (C=O) groups excluding carboxylic acids is 1. The molecule has 1 aromatic heterocycles. The quantitative estimate of drug-likeness (QED) is 0.878. The molecule has 0 aliphatic carbocycles. The lowest BCUT2D eigenvalue weighted by atomic mass is 9.74. The Hall–Kier alpha value is -2.39. The number of thiazole rings is 1. The highest BCUT2D eigenvalue weighted by Gasteiger charge is 2.37. The highest BCUT2D eigenvalue weighted by molar-refractivity contribution is 7.09. The zero-order chi connectivity index (χ0) is 18.4. The van der Waals surface area contributed by atoms with Crippen LogP contribution in [0.15, 0.2) is 35.7 Å². The fourth-order valence-electron chi connectivity index (χ4n) is 3.33. The molecule has 3 rings (SSSR count). The van der Waals surface area contributed by atoms with Crippen molar-refractivity contribution >= 4 is 17.4 Å². The summed E-state index contributed by atoms with van der Waals surface area (Å²) in [5.41, 5.74) is 1.69. The Morgan fingerprint density at radius 2 is 2.08 bits per heavy atom. The molecule has 1 N–H and O–H groups in total. The number of rotatable bonds is 5. The monoisotopic (exact) mass is 368 g/mol. The Bertz CT molecular complexity index is 773. The van der Waals surface area contributed by atoms with Crippen LogP contribution in [-0.4, -0.2) is 35.5 Å². The first-order valence-corrected chi connectivity index (χ1v) is 9.97. The number of likely N-dealkylation sites (tertiary alicyclic amines) is 1. The van der Waals surface area contributed by atoms with E-state index >= 15 is 0 Å². The topological polar surface area (TPSA) is 69.0 Å². The molecule has 2 amide bonds. The average Bonchev–Trinajstić information content (AvgIpc) is 3.16. The number of nitrogens with one attached hydrogen (secondary N) is 1. The summed E-state index contributed by atoms with van der Waals surface area (Å²) >= 11 is 1.65. The predicted molar refractivity (Wildman–Crippen MR) is 103 cm³/mol. The van der Waals surface area contributed by atoms with Crippen LogP contribution in [-0.2, 0) is 18.3 Å². The third-order valence-electron chi connectivity index (χ3n) is 5.02. The fraction of sp³-hybridized carbons (Fsp3) is 0.450. The molecule has 1 aliphatic rings. The van der Waals surface area contributed by atoms with E-state index < -0.39 is 5.41 Å². The number of aryl methyl sites for hydroxylation is 1. The highest BCUT2D eigenvalue weighted by Crippen LogP contribution is 2.34. The van der Waals surface area contributed by atoms with E-state index in [0.717, 1.165) is 29.1 Å². The van der Waals surface area contributed by atoms with Gasteiger partial charge in [0.2, 0.25) is 0 Å². The van der Waals surface area contributed by atoms with Crippen LogP contribution in [0, 0.1) is 11.3 Å². The van der Waals surface area contributed by atoms with Crippen molar-refractivity contribution in [1.82, 2.24) is 15.2 Å². The summed E-state index contributed by atoms with van der Waals surface area (Å²) in [5.74, 6) is 0. The van der Waals surface area contributed by atoms with Crippen molar-refractivity contribution in [3.63, 3.8) is 0 Å². The molecule has 2 aromatic rings. The van der Waals surface area contributed by atoms with E-state index in [1.807, 2.05) is 35.2 Å². The first-order valence-electron chi connectivity index (χ1n) is 9.10. The minimum atomic E-state index is -0.477. The molecule has 1 aromatic carbocycles. The van der Waals surface area contributed by atoms with E-state index in [9.17, 15) is 10.1 Å². The number of amides is 2. The van der Waals surface area contributed by atoms with Gasteiger partial charge in [-0.2, -0.15) is 5.26 Å². The van der Waals surface area contributed by atoms with Gasteiger partial charge in [-0.1, -0.05) is 37.3 Å². The Balaban J connectivity index is 1.49. The number of nitrogens with zero attached hydrogens (tertiary/aromatic N) is 3. The zero-order valence-corrected chi connectivity index (χ0v) is 15.9. The van der Waals surface area contributed by atoms with Gasteiger partial charge in [-0.15, -0.1) is 11.3 Å². The molecule has 0 spiro atoms. The molecule has 0 unspecified atom stereocenters. The van der Waals surface area contributed by atoms with Gasteiger partial charge in [-0.25, -0.2) is 9.78 Å². The van der Waals surface area contributed by atoms with Gasteiger partial charge >= 0.3 is 6.03 Å². The smallest absolute Gasteiger partial charge is 0.317 e. The van der Waals surface area contributed by atoms with Crippen molar-refractivity contribution in [3.05, 3.63) is 52.0 Å². The molecule has 0 saturated carbocycles. The van der Waals surface area contributed by atoms with Crippen LogP contribution in [0.2, 0.25) is 0 Å². The molecule has 5 nitrogen and oxygen atoms in total.